The third kappa shape index (κ3) is 6.39. The molecule has 0 aliphatic rings. The van der Waals surface area contributed by atoms with Gasteiger partial charge in [-0.25, -0.2) is 0 Å². The summed E-state index contributed by atoms with van der Waals surface area (Å²) >= 11 is 7.44. The number of carbonyl (C=O) groups is 2. The highest BCUT2D eigenvalue weighted by Crippen LogP contribution is 2.29. The molecule has 2 N–H and O–H groups in total. The van der Waals surface area contributed by atoms with Gasteiger partial charge in [0.15, 0.2) is 0 Å². The molecule has 0 saturated carbocycles. The number of benzene rings is 2. The zero-order chi connectivity index (χ0) is 18.9. The molecule has 2 rings (SSSR count). The van der Waals surface area contributed by atoms with E-state index in [0.717, 1.165) is 17.0 Å². The molecule has 0 aromatic heterocycles. The molecule has 0 heterocycles. The Morgan fingerprint density at radius 2 is 1.73 bits per heavy atom. The summed E-state index contributed by atoms with van der Waals surface area (Å²) in [5.74, 6) is -0.0689. The van der Waals surface area contributed by atoms with Gasteiger partial charge in [0.1, 0.15) is 0 Å². The second-order valence-corrected chi connectivity index (χ2v) is 7.55. The van der Waals surface area contributed by atoms with E-state index in [1.54, 1.807) is 18.2 Å². The van der Waals surface area contributed by atoms with E-state index in [0.29, 0.717) is 23.6 Å². The second-order valence-electron chi connectivity index (χ2n) is 5.84. The van der Waals surface area contributed by atoms with Crippen LogP contribution in [-0.2, 0) is 9.59 Å². The van der Waals surface area contributed by atoms with Gasteiger partial charge in [-0.2, -0.15) is 0 Å². The molecule has 1 unspecified atom stereocenters. The summed E-state index contributed by atoms with van der Waals surface area (Å²) in [5, 5.41) is 6.13. The van der Waals surface area contributed by atoms with Crippen molar-refractivity contribution in [1.29, 1.82) is 0 Å². The van der Waals surface area contributed by atoms with Crippen LogP contribution in [-0.4, -0.2) is 17.1 Å². The van der Waals surface area contributed by atoms with Gasteiger partial charge in [-0.15, -0.1) is 11.8 Å². The van der Waals surface area contributed by atoms with E-state index in [4.69, 9.17) is 11.6 Å². The highest BCUT2D eigenvalue weighted by molar-refractivity contribution is 8.00. The van der Waals surface area contributed by atoms with Crippen molar-refractivity contribution in [1.82, 2.24) is 0 Å². The van der Waals surface area contributed by atoms with E-state index in [-0.39, 0.29) is 17.1 Å². The monoisotopic (exact) mass is 390 g/mol. The van der Waals surface area contributed by atoms with Crippen LogP contribution in [0.15, 0.2) is 53.4 Å². The van der Waals surface area contributed by atoms with E-state index in [1.807, 2.05) is 44.2 Å². The first kappa shape index (κ1) is 20.3. The summed E-state index contributed by atoms with van der Waals surface area (Å²) in [6, 6.07) is 14.7. The summed E-state index contributed by atoms with van der Waals surface area (Å²) in [4.78, 5) is 25.2. The Labute approximate surface area is 163 Å². The van der Waals surface area contributed by atoms with E-state index >= 15 is 0 Å². The Kier molecular flexibility index (Phi) is 8.01. The van der Waals surface area contributed by atoms with Crippen LogP contribution in [0, 0.1) is 0 Å². The molecular formula is C20H23ClN2O2S. The van der Waals surface area contributed by atoms with Crippen LogP contribution >= 0.6 is 23.4 Å². The van der Waals surface area contributed by atoms with Crippen LogP contribution in [0.25, 0.3) is 0 Å². The Morgan fingerprint density at radius 3 is 2.38 bits per heavy atom. The van der Waals surface area contributed by atoms with Crippen LogP contribution < -0.4 is 10.6 Å². The zero-order valence-corrected chi connectivity index (χ0v) is 16.5. The third-order valence-electron chi connectivity index (χ3n) is 3.63. The molecule has 1 atom stereocenters. The summed E-state index contributed by atoms with van der Waals surface area (Å²) in [5.41, 5.74) is 1.43. The van der Waals surface area contributed by atoms with Crippen LogP contribution in [0.1, 0.15) is 33.1 Å². The summed E-state index contributed by atoms with van der Waals surface area (Å²) < 4.78 is 0. The maximum absolute atomic E-state index is 12.6. The minimum atomic E-state index is -0.240. The van der Waals surface area contributed by atoms with Gasteiger partial charge in [-0.05, 0) is 49.2 Å². The molecule has 0 aliphatic carbocycles. The fourth-order valence-electron chi connectivity index (χ4n) is 2.37. The van der Waals surface area contributed by atoms with Gasteiger partial charge in [-0.3, -0.25) is 9.59 Å². The lowest BCUT2D eigenvalue weighted by Crippen LogP contribution is -2.24. The Bertz CT molecular complexity index is 767. The van der Waals surface area contributed by atoms with E-state index < -0.39 is 0 Å². The molecule has 0 spiro atoms. The van der Waals surface area contributed by atoms with E-state index in [9.17, 15) is 9.59 Å². The van der Waals surface area contributed by atoms with E-state index in [1.165, 1.54) is 11.8 Å². The summed E-state index contributed by atoms with van der Waals surface area (Å²) in [6.07, 6.45) is 1.99. The predicted octanol–water partition coefficient (Wildman–Crippen LogP) is 5.59. The van der Waals surface area contributed by atoms with Crippen molar-refractivity contribution < 1.29 is 9.59 Å². The summed E-state index contributed by atoms with van der Waals surface area (Å²) in [7, 11) is 0. The lowest BCUT2D eigenvalue weighted by atomic mass is 10.2. The number of thioether (sulfide) groups is 1. The van der Waals surface area contributed by atoms with Crippen LogP contribution in [0.3, 0.4) is 0 Å². The average Bonchev–Trinajstić information content (AvgIpc) is 2.60. The molecule has 26 heavy (non-hydrogen) atoms. The normalized spacial score (nSPS) is 11.7. The number of hydrogen-bond donors (Lipinski definition) is 2. The smallest absolute Gasteiger partial charge is 0.237 e. The number of anilines is 2. The molecule has 0 saturated heterocycles. The topological polar surface area (TPSA) is 58.2 Å². The SMILES string of the molecule is CCCC(=O)Nc1cccc(SC(CC)C(=O)Nc2cccc(Cl)c2)c1. The lowest BCUT2D eigenvalue weighted by molar-refractivity contribution is -0.116. The Morgan fingerprint density at radius 1 is 1.04 bits per heavy atom. The first-order chi connectivity index (χ1) is 12.5. The number of carbonyl (C=O) groups excluding carboxylic acids is 2. The number of amides is 2. The van der Waals surface area contributed by atoms with Crippen molar-refractivity contribution >= 4 is 46.6 Å². The Balaban J connectivity index is 2.02. The van der Waals surface area contributed by atoms with Crippen molar-refractivity contribution in [3.63, 3.8) is 0 Å². The van der Waals surface area contributed by atoms with Crippen molar-refractivity contribution in [2.24, 2.45) is 0 Å². The van der Waals surface area contributed by atoms with Gasteiger partial charge in [0.05, 0.1) is 5.25 Å². The average molecular weight is 391 g/mol. The highest BCUT2D eigenvalue weighted by Gasteiger charge is 2.18. The largest absolute Gasteiger partial charge is 0.326 e. The molecule has 0 fully saturated rings. The fraction of sp³-hybridized carbons (Fsp3) is 0.300. The molecule has 6 heteroatoms. The van der Waals surface area contributed by atoms with Crippen LogP contribution in [0.5, 0.6) is 0 Å². The fourth-order valence-corrected chi connectivity index (χ4v) is 3.58. The molecule has 2 amide bonds. The molecule has 0 bridgehead atoms. The number of rotatable bonds is 8. The first-order valence-corrected chi connectivity index (χ1v) is 9.90. The maximum Gasteiger partial charge on any atom is 0.237 e. The lowest BCUT2D eigenvalue weighted by Gasteiger charge is -2.15. The molecule has 138 valence electrons. The van der Waals surface area contributed by atoms with Crippen LogP contribution in [0.4, 0.5) is 11.4 Å². The number of hydrogen-bond acceptors (Lipinski definition) is 3. The number of nitrogens with one attached hydrogen (secondary N) is 2. The molecule has 2 aromatic carbocycles. The van der Waals surface area contributed by atoms with E-state index in [2.05, 4.69) is 10.6 Å². The molecule has 0 aliphatic heterocycles. The second kappa shape index (κ2) is 10.2. The number of halogens is 1. The van der Waals surface area contributed by atoms with Crippen LogP contribution in [0.2, 0.25) is 5.02 Å². The van der Waals surface area contributed by atoms with Gasteiger partial charge in [0.25, 0.3) is 0 Å². The predicted molar refractivity (Wildman–Crippen MR) is 110 cm³/mol. The Hall–Kier alpha value is -1.98. The molecule has 0 radical (unpaired) electrons. The summed E-state index contributed by atoms with van der Waals surface area (Å²) in [6.45, 7) is 3.94. The van der Waals surface area contributed by atoms with Gasteiger partial charge in [0, 0.05) is 27.7 Å². The molecule has 4 nitrogen and oxygen atoms in total. The minimum absolute atomic E-state index is 0.000362. The van der Waals surface area contributed by atoms with Crippen molar-refractivity contribution in [3.05, 3.63) is 53.6 Å². The van der Waals surface area contributed by atoms with Gasteiger partial charge < -0.3 is 10.6 Å². The third-order valence-corrected chi connectivity index (χ3v) is 5.22. The maximum atomic E-state index is 12.6. The van der Waals surface area contributed by atoms with Gasteiger partial charge in [0.2, 0.25) is 11.8 Å². The minimum Gasteiger partial charge on any atom is -0.326 e. The first-order valence-electron chi connectivity index (χ1n) is 8.64. The van der Waals surface area contributed by atoms with Crippen molar-refractivity contribution in [3.8, 4) is 0 Å². The zero-order valence-electron chi connectivity index (χ0n) is 14.9. The highest BCUT2D eigenvalue weighted by atomic mass is 35.5. The van der Waals surface area contributed by atoms with Crippen molar-refractivity contribution in [2.45, 2.75) is 43.3 Å². The standard InChI is InChI=1S/C20H23ClN2O2S/c1-3-7-19(24)22-16-10-6-11-17(13-16)26-18(4-2)20(25)23-15-9-5-8-14(21)12-15/h5-6,8-13,18H,3-4,7H2,1-2H3,(H,22,24)(H,23,25). The molecular weight excluding hydrogens is 368 g/mol. The van der Waals surface area contributed by atoms with Gasteiger partial charge in [-0.1, -0.05) is 37.6 Å². The van der Waals surface area contributed by atoms with Gasteiger partial charge >= 0.3 is 0 Å². The quantitative estimate of drug-likeness (QED) is 0.578. The molecule has 2 aromatic rings. The van der Waals surface area contributed by atoms with Crippen molar-refractivity contribution in [2.75, 3.05) is 10.6 Å².